The molecule has 5 heterocycles. The summed E-state index contributed by atoms with van der Waals surface area (Å²) in [6.45, 7) is 2.05. The van der Waals surface area contributed by atoms with Crippen molar-refractivity contribution < 1.29 is 5.11 Å². The number of hydrogen-bond acceptors (Lipinski definition) is 9. The highest BCUT2D eigenvalue weighted by molar-refractivity contribution is 5.78. The summed E-state index contributed by atoms with van der Waals surface area (Å²) in [5.74, 6) is 7.83. The molecule has 0 aliphatic carbocycles. The van der Waals surface area contributed by atoms with E-state index in [2.05, 4.69) is 47.0 Å². The molecular formula is C26H22N10O. The van der Waals surface area contributed by atoms with Gasteiger partial charge in [-0.2, -0.15) is 5.10 Å². The molecule has 0 radical (unpaired) electrons. The fraction of sp³-hybridized carbons (Fsp3) is 0.154. The van der Waals surface area contributed by atoms with Gasteiger partial charge in [0.05, 0.1) is 30.8 Å². The maximum absolute atomic E-state index is 10.2. The van der Waals surface area contributed by atoms with Gasteiger partial charge in [-0.05, 0) is 30.2 Å². The number of aromatic hydroxyl groups is 1. The van der Waals surface area contributed by atoms with Crippen LogP contribution in [0.15, 0.2) is 73.7 Å². The first kappa shape index (κ1) is 22.2. The molecule has 1 aliphatic rings. The summed E-state index contributed by atoms with van der Waals surface area (Å²) in [7, 11) is 0. The van der Waals surface area contributed by atoms with Crippen molar-refractivity contribution in [1.82, 2.24) is 39.5 Å². The molecule has 0 spiro atoms. The Hall–Kier alpha value is -5.24. The van der Waals surface area contributed by atoms with E-state index in [-0.39, 0.29) is 11.8 Å². The van der Waals surface area contributed by atoms with E-state index in [9.17, 15) is 5.11 Å². The minimum absolute atomic E-state index is 0.134. The van der Waals surface area contributed by atoms with E-state index in [4.69, 9.17) is 5.73 Å². The summed E-state index contributed by atoms with van der Waals surface area (Å²) < 4.78 is 3.82. The standard InChI is InChI=1S/C26H22N10O/c27-26-21(12-22(32-33-26)20-4-1-2-5-23(20)37)18-13-30-36(14-18)19-15-35(16-19)25-7-8-29-24(31-25)6-3-10-34-11-9-28-17-34/h1-2,4-5,7-9,11-14,17,19,37H,10,15-16H2,(H2,27,33). The highest BCUT2D eigenvalue weighted by Gasteiger charge is 2.30. The van der Waals surface area contributed by atoms with Crippen LogP contribution in [0.4, 0.5) is 11.6 Å². The van der Waals surface area contributed by atoms with Crippen molar-refractivity contribution in [2.24, 2.45) is 0 Å². The zero-order chi connectivity index (χ0) is 25.2. The quantitative estimate of drug-likeness (QED) is 0.356. The van der Waals surface area contributed by atoms with E-state index in [1.807, 2.05) is 39.8 Å². The summed E-state index contributed by atoms with van der Waals surface area (Å²) in [4.78, 5) is 15.0. The zero-order valence-corrected chi connectivity index (χ0v) is 19.7. The summed E-state index contributed by atoms with van der Waals surface area (Å²) >= 11 is 0. The maximum atomic E-state index is 10.2. The minimum Gasteiger partial charge on any atom is -0.507 e. The highest BCUT2D eigenvalue weighted by atomic mass is 16.3. The third kappa shape index (κ3) is 4.55. The number of para-hydroxylation sites is 1. The fourth-order valence-electron chi connectivity index (χ4n) is 4.12. The Kier molecular flexibility index (Phi) is 5.67. The number of phenolic OH excluding ortho intramolecular Hbond substituents is 1. The molecule has 4 aromatic heterocycles. The van der Waals surface area contributed by atoms with Gasteiger partial charge >= 0.3 is 0 Å². The van der Waals surface area contributed by atoms with Crippen LogP contribution in [0.5, 0.6) is 5.75 Å². The smallest absolute Gasteiger partial charge is 0.206 e. The summed E-state index contributed by atoms with van der Waals surface area (Å²) in [5.41, 5.74) is 8.81. The molecule has 5 aromatic rings. The van der Waals surface area contributed by atoms with Crippen molar-refractivity contribution in [2.45, 2.75) is 12.6 Å². The third-order valence-electron chi connectivity index (χ3n) is 6.14. The Bertz CT molecular complexity index is 1610. The van der Waals surface area contributed by atoms with Crippen LogP contribution in [-0.2, 0) is 6.54 Å². The topological polar surface area (TPSA) is 137 Å². The Morgan fingerprint density at radius 1 is 1.08 bits per heavy atom. The molecule has 0 bridgehead atoms. The van der Waals surface area contributed by atoms with Gasteiger partial charge in [-0.3, -0.25) is 4.68 Å². The summed E-state index contributed by atoms with van der Waals surface area (Å²) in [6.07, 6.45) is 10.8. The molecule has 1 aliphatic heterocycles. The molecule has 3 N–H and O–H groups in total. The van der Waals surface area contributed by atoms with E-state index >= 15 is 0 Å². The molecule has 1 saturated heterocycles. The van der Waals surface area contributed by atoms with Crippen LogP contribution in [0.25, 0.3) is 22.4 Å². The first-order valence-corrected chi connectivity index (χ1v) is 11.6. The Morgan fingerprint density at radius 2 is 1.97 bits per heavy atom. The number of benzene rings is 1. The zero-order valence-electron chi connectivity index (χ0n) is 19.7. The van der Waals surface area contributed by atoms with E-state index in [0.29, 0.717) is 35.0 Å². The highest BCUT2D eigenvalue weighted by Crippen LogP contribution is 2.33. The van der Waals surface area contributed by atoms with Crippen molar-refractivity contribution in [1.29, 1.82) is 0 Å². The minimum atomic E-state index is 0.134. The second-order valence-electron chi connectivity index (χ2n) is 8.59. The van der Waals surface area contributed by atoms with Gasteiger partial charge in [-0.15, -0.1) is 10.2 Å². The molecule has 6 rings (SSSR count). The van der Waals surface area contributed by atoms with Crippen LogP contribution in [0.2, 0.25) is 0 Å². The van der Waals surface area contributed by atoms with Crippen molar-refractivity contribution >= 4 is 11.6 Å². The third-order valence-corrected chi connectivity index (χ3v) is 6.14. The first-order chi connectivity index (χ1) is 18.1. The second kappa shape index (κ2) is 9.43. The van der Waals surface area contributed by atoms with Gasteiger partial charge in [-0.25, -0.2) is 15.0 Å². The largest absolute Gasteiger partial charge is 0.507 e. The molecule has 1 aromatic carbocycles. The van der Waals surface area contributed by atoms with Crippen LogP contribution in [0, 0.1) is 11.8 Å². The number of nitrogens with two attached hydrogens (primary N) is 1. The van der Waals surface area contributed by atoms with Crippen LogP contribution in [0.3, 0.4) is 0 Å². The van der Waals surface area contributed by atoms with Gasteiger partial charge in [0.1, 0.15) is 11.6 Å². The van der Waals surface area contributed by atoms with Gasteiger partial charge in [0.2, 0.25) is 5.82 Å². The van der Waals surface area contributed by atoms with Gasteiger partial charge in [0.15, 0.2) is 5.82 Å². The van der Waals surface area contributed by atoms with Crippen LogP contribution in [0.1, 0.15) is 11.9 Å². The lowest BCUT2D eigenvalue weighted by Crippen LogP contribution is -2.48. The fourth-order valence-corrected chi connectivity index (χ4v) is 4.12. The average molecular weight is 491 g/mol. The number of nitrogen functional groups attached to an aromatic ring is 1. The van der Waals surface area contributed by atoms with Crippen molar-refractivity contribution in [3.63, 3.8) is 0 Å². The molecule has 11 heteroatoms. The Balaban J connectivity index is 1.14. The normalized spacial score (nSPS) is 13.1. The molecule has 0 unspecified atom stereocenters. The van der Waals surface area contributed by atoms with Gasteiger partial charge in [0.25, 0.3) is 0 Å². The lowest BCUT2D eigenvalue weighted by molar-refractivity contribution is 0.366. The molecule has 0 saturated carbocycles. The van der Waals surface area contributed by atoms with E-state index < -0.39 is 0 Å². The molecule has 1 fully saturated rings. The van der Waals surface area contributed by atoms with E-state index in [1.165, 1.54) is 0 Å². The molecule has 37 heavy (non-hydrogen) atoms. The lowest BCUT2D eigenvalue weighted by Gasteiger charge is -2.40. The summed E-state index contributed by atoms with van der Waals surface area (Å²) in [6, 6.07) is 10.9. The summed E-state index contributed by atoms with van der Waals surface area (Å²) in [5, 5.41) is 23.0. The van der Waals surface area contributed by atoms with Gasteiger partial charge < -0.3 is 20.3 Å². The van der Waals surface area contributed by atoms with Crippen LogP contribution < -0.4 is 10.6 Å². The predicted octanol–water partition coefficient (Wildman–Crippen LogP) is 2.39. The Labute approximate surface area is 212 Å². The molecule has 182 valence electrons. The number of hydrogen-bond donors (Lipinski definition) is 2. The number of phenols is 1. The van der Waals surface area contributed by atoms with Gasteiger partial charge in [-0.1, -0.05) is 18.1 Å². The van der Waals surface area contributed by atoms with Crippen LogP contribution >= 0.6 is 0 Å². The Morgan fingerprint density at radius 3 is 2.81 bits per heavy atom. The van der Waals surface area contributed by atoms with Crippen molar-refractivity contribution in [3.8, 4) is 40.0 Å². The molecule has 11 nitrogen and oxygen atoms in total. The van der Waals surface area contributed by atoms with Crippen molar-refractivity contribution in [2.75, 3.05) is 23.7 Å². The molecular weight excluding hydrogens is 468 g/mol. The number of anilines is 2. The average Bonchev–Trinajstić information content (AvgIpc) is 3.57. The SMILES string of the molecule is Nc1nnc(-c2ccccc2O)cc1-c1cnn(C2CN(c3ccnc(C#CCn4ccnc4)n3)C2)c1. The molecule has 0 amide bonds. The maximum Gasteiger partial charge on any atom is 0.206 e. The lowest BCUT2D eigenvalue weighted by atomic mass is 10.1. The monoisotopic (exact) mass is 490 g/mol. The number of nitrogens with zero attached hydrogens (tertiary/aromatic N) is 9. The van der Waals surface area contributed by atoms with Gasteiger partial charge in [0, 0.05) is 54.6 Å². The van der Waals surface area contributed by atoms with E-state index in [0.717, 1.165) is 24.5 Å². The number of rotatable bonds is 5. The first-order valence-electron chi connectivity index (χ1n) is 11.6. The van der Waals surface area contributed by atoms with Crippen LogP contribution in [-0.4, -0.2) is 57.7 Å². The predicted molar refractivity (Wildman–Crippen MR) is 137 cm³/mol. The second-order valence-corrected chi connectivity index (χ2v) is 8.59. The van der Waals surface area contributed by atoms with Crippen molar-refractivity contribution in [3.05, 3.63) is 79.5 Å². The van der Waals surface area contributed by atoms with E-state index in [1.54, 1.807) is 43.1 Å². The molecule has 0 atom stereocenters. The number of aromatic nitrogens is 8. The number of imidazole rings is 1.